The van der Waals surface area contributed by atoms with Crippen molar-refractivity contribution in [3.05, 3.63) is 41.4 Å². The van der Waals surface area contributed by atoms with Gasteiger partial charge in [0.1, 0.15) is 0 Å². The second-order valence-electron chi connectivity index (χ2n) is 7.60. The van der Waals surface area contributed by atoms with Crippen molar-refractivity contribution in [1.29, 1.82) is 0 Å². The Bertz CT molecular complexity index is 936. The van der Waals surface area contributed by atoms with Gasteiger partial charge in [0.25, 0.3) is 0 Å². The molecule has 29 heavy (non-hydrogen) atoms. The summed E-state index contributed by atoms with van der Waals surface area (Å²) in [5.74, 6) is -0.284. The number of nitrogens with zero attached hydrogens (tertiary/aromatic N) is 1. The highest BCUT2D eigenvalue weighted by molar-refractivity contribution is 7.93. The highest BCUT2D eigenvalue weighted by Crippen LogP contribution is 2.36. The first-order chi connectivity index (χ1) is 14.0. The Morgan fingerprint density at radius 1 is 1.21 bits per heavy atom. The van der Waals surface area contributed by atoms with E-state index in [9.17, 15) is 13.2 Å². The first-order valence-corrected chi connectivity index (χ1v) is 12.3. The highest BCUT2D eigenvalue weighted by atomic mass is 32.2. The molecule has 1 saturated heterocycles. The summed E-state index contributed by atoms with van der Waals surface area (Å²) < 4.78 is 33.2. The molecule has 2 aromatic rings. The van der Waals surface area contributed by atoms with Crippen LogP contribution in [0.4, 0.5) is 10.8 Å². The molecule has 0 bridgehead atoms. The number of carbonyl (C=O) groups is 1. The Hall–Kier alpha value is -1.97. The minimum absolute atomic E-state index is 0.162. The van der Waals surface area contributed by atoms with E-state index >= 15 is 0 Å². The summed E-state index contributed by atoms with van der Waals surface area (Å²) in [5.41, 5.74) is 1.20. The molecule has 7 nitrogen and oxygen atoms in total. The second kappa shape index (κ2) is 8.81. The molecule has 1 atom stereocenters. The van der Waals surface area contributed by atoms with E-state index < -0.39 is 15.9 Å². The fourth-order valence-electron chi connectivity index (χ4n) is 3.68. The maximum Gasteiger partial charge on any atom is 0.235 e. The van der Waals surface area contributed by atoms with Crippen LogP contribution < -0.4 is 10.0 Å². The van der Waals surface area contributed by atoms with Gasteiger partial charge in [0.15, 0.2) is 5.13 Å². The van der Waals surface area contributed by atoms with Crippen molar-refractivity contribution in [3.63, 3.8) is 0 Å². The van der Waals surface area contributed by atoms with E-state index in [4.69, 9.17) is 4.74 Å². The highest BCUT2D eigenvalue weighted by Gasteiger charge is 2.37. The van der Waals surface area contributed by atoms with E-state index in [0.29, 0.717) is 54.8 Å². The normalized spacial score (nSPS) is 18.9. The van der Waals surface area contributed by atoms with Crippen molar-refractivity contribution in [2.24, 2.45) is 5.92 Å². The SMILES string of the molecule is O=C(Nc1nccs1)C(CC1CCOCC1)c1ccccc1NS(=O)(=O)C1CC1. The fourth-order valence-corrected chi connectivity index (χ4v) is 5.62. The van der Waals surface area contributed by atoms with Crippen LogP contribution in [0.3, 0.4) is 0 Å². The summed E-state index contributed by atoms with van der Waals surface area (Å²) in [6.07, 6.45) is 5.46. The van der Waals surface area contributed by atoms with Gasteiger partial charge < -0.3 is 10.1 Å². The Morgan fingerprint density at radius 3 is 2.66 bits per heavy atom. The van der Waals surface area contributed by atoms with E-state index in [-0.39, 0.29) is 11.2 Å². The first kappa shape index (κ1) is 20.3. The summed E-state index contributed by atoms with van der Waals surface area (Å²) in [5, 5.41) is 4.92. The lowest BCUT2D eigenvalue weighted by molar-refractivity contribution is -0.118. The molecule has 1 aromatic heterocycles. The molecule has 9 heteroatoms. The molecule has 1 aliphatic heterocycles. The number of hydrogen-bond donors (Lipinski definition) is 2. The van der Waals surface area contributed by atoms with Crippen molar-refractivity contribution in [1.82, 2.24) is 4.98 Å². The molecule has 1 aromatic carbocycles. The van der Waals surface area contributed by atoms with E-state index in [2.05, 4.69) is 15.0 Å². The number of benzene rings is 1. The van der Waals surface area contributed by atoms with Gasteiger partial charge >= 0.3 is 0 Å². The number of rotatable bonds is 8. The van der Waals surface area contributed by atoms with Crippen molar-refractivity contribution in [2.45, 2.75) is 43.3 Å². The quantitative estimate of drug-likeness (QED) is 0.660. The lowest BCUT2D eigenvalue weighted by Gasteiger charge is -2.27. The average molecular weight is 436 g/mol. The number of para-hydroxylation sites is 1. The third kappa shape index (κ3) is 5.15. The zero-order chi connectivity index (χ0) is 20.3. The number of sulfonamides is 1. The predicted molar refractivity (Wildman–Crippen MR) is 114 cm³/mol. The van der Waals surface area contributed by atoms with Crippen molar-refractivity contribution >= 4 is 38.1 Å². The van der Waals surface area contributed by atoms with Crippen LogP contribution in [0.25, 0.3) is 0 Å². The monoisotopic (exact) mass is 435 g/mol. The standard InChI is InChI=1S/C20H25N3O4S2/c24-19(22-20-21-9-12-28-20)17(13-14-7-10-27-11-8-14)16-3-1-2-4-18(16)23-29(25,26)15-5-6-15/h1-4,9,12,14-15,17,23H,5-8,10-11,13H2,(H,21,22,24). The molecule has 4 rings (SSSR count). The van der Waals surface area contributed by atoms with Gasteiger partial charge in [0, 0.05) is 24.8 Å². The number of thiazole rings is 1. The van der Waals surface area contributed by atoms with Gasteiger partial charge in [0.2, 0.25) is 15.9 Å². The minimum atomic E-state index is -3.42. The van der Waals surface area contributed by atoms with Gasteiger partial charge in [-0.3, -0.25) is 9.52 Å². The van der Waals surface area contributed by atoms with Crippen molar-refractivity contribution < 1.29 is 17.9 Å². The number of nitrogens with one attached hydrogen (secondary N) is 2. The molecule has 0 spiro atoms. The molecule has 2 fully saturated rings. The number of hydrogen-bond acceptors (Lipinski definition) is 6. The number of ether oxygens (including phenoxy) is 1. The van der Waals surface area contributed by atoms with Crippen LogP contribution in [0.2, 0.25) is 0 Å². The molecule has 2 aliphatic rings. The molecular formula is C20H25N3O4S2. The Kier molecular flexibility index (Phi) is 6.17. The van der Waals surface area contributed by atoms with Gasteiger partial charge in [-0.15, -0.1) is 11.3 Å². The Balaban J connectivity index is 1.61. The number of aromatic nitrogens is 1. The number of amides is 1. The van der Waals surface area contributed by atoms with E-state index in [1.165, 1.54) is 11.3 Å². The summed E-state index contributed by atoms with van der Waals surface area (Å²) in [4.78, 5) is 17.3. The van der Waals surface area contributed by atoms with Gasteiger partial charge in [0.05, 0.1) is 16.9 Å². The van der Waals surface area contributed by atoms with Crippen molar-refractivity contribution in [3.8, 4) is 0 Å². The van der Waals surface area contributed by atoms with Crippen molar-refractivity contribution in [2.75, 3.05) is 23.3 Å². The van der Waals surface area contributed by atoms with Gasteiger partial charge in [-0.05, 0) is 49.7 Å². The Morgan fingerprint density at radius 2 is 1.97 bits per heavy atom. The zero-order valence-corrected chi connectivity index (χ0v) is 17.7. The Labute approximate surface area is 174 Å². The lowest BCUT2D eigenvalue weighted by Crippen LogP contribution is -2.27. The van der Waals surface area contributed by atoms with Gasteiger partial charge in [-0.25, -0.2) is 13.4 Å². The summed E-state index contributed by atoms with van der Waals surface area (Å²) in [6.45, 7) is 1.39. The minimum Gasteiger partial charge on any atom is -0.381 e. The van der Waals surface area contributed by atoms with Crippen LogP contribution in [0.5, 0.6) is 0 Å². The number of carbonyl (C=O) groups excluding carboxylic acids is 1. The smallest absolute Gasteiger partial charge is 0.235 e. The fraction of sp³-hybridized carbons (Fsp3) is 0.500. The van der Waals surface area contributed by atoms with Gasteiger partial charge in [-0.2, -0.15) is 0 Å². The van der Waals surface area contributed by atoms with E-state index in [1.54, 1.807) is 23.7 Å². The van der Waals surface area contributed by atoms with Crippen LogP contribution in [-0.2, 0) is 19.6 Å². The van der Waals surface area contributed by atoms with E-state index in [0.717, 1.165) is 12.8 Å². The molecule has 0 radical (unpaired) electrons. The molecule has 1 unspecified atom stereocenters. The summed E-state index contributed by atoms with van der Waals surface area (Å²) in [6, 6.07) is 7.22. The van der Waals surface area contributed by atoms with E-state index in [1.807, 2.05) is 12.1 Å². The molecule has 2 N–H and O–H groups in total. The molecule has 156 valence electrons. The van der Waals surface area contributed by atoms with Crippen LogP contribution >= 0.6 is 11.3 Å². The maximum atomic E-state index is 13.2. The molecule has 2 heterocycles. The summed E-state index contributed by atoms with van der Waals surface area (Å²) in [7, 11) is -3.42. The van der Waals surface area contributed by atoms with Gasteiger partial charge in [-0.1, -0.05) is 18.2 Å². The van der Waals surface area contributed by atoms with Crippen LogP contribution in [-0.4, -0.2) is 37.8 Å². The lowest BCUT2D eigenvalue weighted by atomic mass is 9.84. The third-order valence-corrected chi connectivity index (χ3v) is 7.98. The van der Waals surface area contributed by atoms with Crippen LogP contribution in [0.1, 0.15) is 43.6 Å². The predicted octanol–water partition coefficient (Wildman–Crippen LogP) is 3.59. The molecule has 1 amide bonds. The summed E-state index contributed by atoms with van der Waals surface area (Å²) >= 11 is 1.36. The molecular weight excluding hydrogens is 410 g/mol. The largest absolute Gasteiger partial charge is 0.381 e. The first-order valence-electron chi connectivity index (χ1n) is 9.91. The number of anilines is 2. The topological polar surface area (TPSA) is 97.4 Å². The zero-order valence-electron chi connectivity index (χ0n) is 16.0. The second-order valence-corrected chi connectivity index (χ2v) is 10.5. The molecule has 1 saturated carbocycles. The third-order valence-electron chi connectivity index (χ3n) is 5.44. The van der Waals surface area contributed by atoms with Crippen LogP contribution in [0, 0.1) is 5.92 Å². The molecule has 1 aliphatic carbocycles. The maximum absolute atomic E-state index is 13.2. The average Bonchev–Trinajstić information content (AvgIpc) is 3.47. The van der Waals surface area contributed by atoms with Crippen LogP contribution in [0.15, 0.2) is 35.8 Å².